The molecule has 0 aliphatic heterocycles. The maximum Gasteiger partial charge on any atom is 0.132 e. The van der Waals surface area contributed by atoms with Gasteiger partial charge in [0, 0.05) is 23.8 Å². The van der Waals surface area contributed by atoms with Crippen molar-refractivity contribution in [2.75, 3.05) is 0 Å². The van der Waals surface area contributed by atoms with Crippen LogP contribution in [0.15, 0.2) is 30.6 Å². The highest BCUT2D eigenvalue weighted by Crippen LogP contribution is 2.14. The molecule has 0 aliphatic rings. The molecule has 11 heavy (non-hydrogen) atoms. The standard InChI is InChI=1S/C9H5FN/c10-9-3-1-2-7-4-5-11-6-8(7)9/h1-3,5-6H. The Hall–Kier alpha value is -1.44. The van der Waals surface area contributed by atoms with Crippen LogP contribution in [0.5, 0.6) is 0 Å². The van der Waals surface area contributed by atoms with Gasteiger partial charge in [0.15, 0.2) is 0 Å². The van der Waals surface area contributed by atoms with Crippen LogP contribution in [0.2, 0.25) is 0 Å². The third-order valence-corrected chi connectivity index (χ3v) is 1.55. The summed E-state index contributed by atoms with van der Waals surface area (Å²) in [6.45, 7) is 0. The zero-order valence-corrected chi connectivity index (χ0v) is 5.71. The smallest absolute Gasteiger partial charge is 0.132 e. The van der Waals surface area contributed by atoms with Gasteiger partial charge in [0.2, 0.25) is 0 Å². The Morgan fingerprint density at radius 1 is 1.36 bits per heavy atom. The summed E-state index contributed by atoms with van der Waals surface area (Å²) >= 11 is 0. The van der Waals surface area contributed by atoms with Crippen LogP contribution in [0, 0.1) is 11.9 Å². The Morgan fingerprint density at radius 2 is 2.27 bits per heavy atom. The van der Waals surface area contributed by atoms with E-state index in [4.69, 9.17) is 0 Å². The lowest BCUT2D eigenvalue weighted by atomic mass is 10.2. The zero-order chi connectivity index (χ0) is 7.68. The van der Waals surface area contributed by atoms with Crippen LogP contribution < -0.4 is 0 Å². The van der Waals surface area contributed by atoms with Crippen molar-refractivity contribution < 1.29 is 4.39 Å². The van der Waals surface area contributed by atoms with Crippen LogP contribution >= 0.6 is 0 Å². The van der Waals surface area contributed by atoms with Gasteiger partial charge in [0.25, 0.3) is 0 Å². The molecule has 0 amide bonds. The van der Waals surface area contributed by atoms with Gasteiger partial charge >= 0.3 is 0 Å². The maximum atomic E-state index is 12.9. The lowest BCUT2D eigenvalue weighted by Gasteiger charge is -1.94. The molecule has 2 heteroatoms. The highest BCUT2D eigenvalue weighted by molar-refractivity contribution is 5.81. The predicted molar refractivity (Wildman–Crippen MR) is 40.5 cm³/mol. The lowest BCUT2D eigenvalue weighted by molar-refractivity contribution is 0.639. The van der Waals surface area contributed by atoms with Crippen molar-refractivity contribution in [2.24, 2.45) is 0 Å². The van der Waals surface area contributed by atoms with Crippen molar-refractivity contribution in [2.45, 2.75) is 0 Å². The Labute approximate surface area is 63.5 Å². The van der Waals surface area contributed by atoms with Crippen LogP contribution in [-0.4, -0.2) is 4.98 Å². The van der Waals surface area contributed by atoms with E-state index in [-0.39, 0.29) is 5.82 Å². The summed E-state index contributed by atoms with van der Waals surface area (Å²) in [5.41, 5.74) is 0. The number of halogens is 1. The quantitative estimate of drug-likeness (QED) is 0.555. The SMILES string of the molecule is Fc1cccc2[c]cncc12. The van der Waals surface area contributed by atoms with E-state index in [1.54, 1.807) is 12.1 Å². The second kappa shape index (κ2) is 2.31. The third-order valence-electron chi connectivity index (χ3n) is 1.55. The first kappa shape index (κ1) is 6.28. The molecule has 0 atom stereocenters. The van der Waals surface area contributed by atoms with Gasteiger partial charge in [-0.05, 0) is 11.5 Å². The van der Waals surface area contributed by atoms with Gasteiger partial charge < -0.3 is 0 Å². The molecule has 0 bridgehead atoms. The number of hydrogen-bond acceptors (Lipinski definition) is 1. The summed E-state index contributed by atoms with van der Waals surface area (Å²) in [5, 5.41) is 1.29. The van der Waals surface area contributed by atoms with Crippen LogP contribution in [0.25, 0.3) is 10.8 Å². The molecule has 1 heterocycles. The van der Waals surface area contributed by atoms with Gasteiger partial charge in [-0.2, -0.15) is 0 Å². The molecular formula is C9H5FN. The van der Waals surface area contributed by atoms with E-state index in [2.05, 4.69) is 11.1 Å². The molecule has 0 N–H and O–H groups in total. The molecular weight excluding hydrogens is 141 g/mol. The van der Waals surface area contributed by atoms with Gasteiger partial charge in [0.1, 0.15) is 5.82 Å². The van der Waals surface area contributed by atoms with E-state index in [0.29, 0.717) is 5.39 Å². The number of aromatic nitrogens is 1. The second-order valence-electron chi connectivity index (χ2n) is 2.25. The molecule has 1 nitrogen and oxygen atoms in total. The lowest BCUT2D eigenvalue weighted by Crippen LogP contribution is -1.79. The minimum Gasteiger partial charge on any atom is -0.263 e. The fourth-order valence-electron chi connectivity index (χ4n) is 1.01. The number of rotatable bonds is 0. The van der Waals surface area contributed by atoms with E-state index >= 15 is 0 Å². The third kappa shape index (κ3) is 0.963. The summed E-state index contributed by atoms with van der Waals surface area (Å²) in [6.07, 6.45) is 3.03. The number of fused-ring (bicyclic) bond motifs is 1. The molecule has 2 aromatic rings. The van der Waals surface area contributed by atoms with Gasteiger partial charge in [-0.3, -0.25) is 4.98 Å². The van der Waals surface area contributed by atoms with Crippen LogP contribution in [0.1, 0.15) is 0 Å². The van der Waals surface area contributed by atoms with E-state index in [9.17, 15) is 4.39 Å². The molecule has 0 aliphatic carbocycles. The summed E-state index contributed by atoms with van der Waals surface area (Å²) < 4.78 is 12.9. The van der Waals surface area contributed by atoms with Crippen molar-refractivity contribution in [3.8, 4) is 0 Å². The number of pyridine rings is 1. The largest absolute Gasteiger partial charge is 0.263 e. The van der Waals surface area contributed by atoms with Crippen LogP contribution in [-0.2, 0) is 0 Å². The van der Waals surface area contributed by atoms with E-state index < -0.39 is 0 Å². The Bertz CT molecular complexity index is 379. The zero-order valence-electron chi connectivity index (χ0n) is 5.71. The van der Waals surface area contributed by atoms with E-state index in [1.165, 1.54) is 18.5 Å². The molecule has 0 saturated carbocycles. The molecule has 53 valence electrons. The first-order chi connectivity index (χ1) is 5.38. The fraction of sp³-hybridized carbons (Fsp3) is 0. The molecule has 1 aromatic carbocycles. The fourth-order valence-corrected chi connectivity index (χ4v) is 1.01. The van der Waals surface area contributed by atoms with E-state index in [0.717, 1.165) is 5.39 Å². The van der Waals surface area contributed by atoms with Crippen molar-refractivity contribution in [3.63, 3.8) is 0 Å². The minimum absolute atomic E-state index is 0.244. The summed E-state index contributed by atoms with van der Waals surface area (Å²) in [4.78, 5) is 3.78. The summed E-state index contributed by atoms with van der Waals surface area (Å²) in [6, 6.07) is 7.72. The molecule has 0 saturated heterocycles. The van der Waals surface area contributed by atoms with Crippen molar-refractivity contribution >= 4 is 10.8 Å². The van der Waals surface area contributed by atoms with Crippen molar-refractivity contribution in [3.05, 3.63) is 42.5 Å². The molecule has 0 fully saturated rings. The summed E-state index contributed by atoms with van der Waals surface area (Å²) in [7, 11) is 0. The molecule has 1 aromatic heterocycles. The first-order valence-electron chi connectivity index (χ1n) is 3.28. The second-order valence-corrected chi connectivity index (χ2v) is 2.25. The Balaban J connectivity index is 2.91. The molecule has 1 radical (unpaired) electrons. The molecule has 2 rings (SSSR count). The average molecular weight is 146 g/mol. The number of nitrogens with zero attached hydrogens (tertiary/aromatic N) is 1. The maximum absolute atomic E-state index is 12.9. The van der Waals surface area contributed by atoms with Crippen LogP contribution in [0.3, 0.4) is 0 Å². The van der Waals surface area contributed by atoms with Crippen molar-refractivity contribution in [1.82, 2.24) is 4.98 Å². The average Bonchev–Trinajstić information content (AvgIpc) is 2.06. The van der Waals surface area contributed by atoms with Crippen LogP contribution in [0.4, 0.5) is 4.39 Å². The number of benzene rings is 1. The monoisotopic (exact) mass is 146 g/mol. The first-order valence-corrected chi connectivity index (χ1v) is 3.28. The predicted octanol–water partition coefficient (Wildman–Crippen LogP) is 2.17. The van der Waals surface area contributed by atoms with Gasteiger partial charge in [-0.25, -0.2) is 4.39 Å². The van der Waals surface area contributed by atoms with Crippen molar-refractivity contribution in [1.29, 1.82) is 0 Å². The minimum atomic E-state index is -0.244. The summed E-state index contributed by atoms with van der Waals surface area (Å²) in [5.74, 6) is -0.244. The van der Waals surface area contributed by atoms with E-state index in [1.807, 2.05) is 0 Å². The highest BCUT2D eigenvalue weighted by Gasteiger charge is 1.96. The highest BCUT2D eigenvalue weighted by atomic mass is 19.1. The Kier molecular flexibility index (Phi) is 1.32. The molecule has 0 unspecified atom stereocenters. The topological polar surface area (TPSA) is 12.9 Å². The van der Waals surface area contributed by atoms with Gasteiger partial charge in [-0.15, -0.1) is 0 Å². The van der Waals surface area contributed by atoms with Gasteiger partial charge in [-0.1, -0.05) is 12.1 Å². The number of hydrogen-bond donors (Lipinski definition) is 0. The normalized spacial score (nSPS) is 10.3. The molecule has 0 spiro atoms. The Morgan fingerprint density at radius 3 is 3.09 bits per heavy atom. The van der Waals surface area contributed by atoms with Gasteiger partial charge in [0.05, 0.1) is 0 Å².